The Labute approximate surface area is 137 Å². The first-order chi connectivity index (χ1) is 11.3. The van der Waals surface area contributed by atoms with Crippen LogP contribution in [0.15, 0.2) is 24.3 Å². The van der Waals surface area contributed by atoms with Crippen molar-refractivity contribution in [1.82, 2.24) is 5.32 Å². The molecular weight excluding hydrogens is 325 g/mol. The molecule has 1 saturated carbocycles. The van der Waals surface area contributed by atoms with E-state index in [9.17, 15) is 27.9 Å². The predicted octanol–water partition coefficient (Wildman–Crippen LogP) is 2.31. The standard InChI is InChI=1S/C16H19F3N2O3/c17-16(18,19)11-4-6-12(7-5-11)21-15(24)14(23)20-9-10-2-1-3-13(22)8-10/h4-7,10,13,22H,1-3,8-9H2,(H,20,23)(H,21,24). The third-order valence-corrected chi connectivity index (χ3v) is 3.98. The van der Waals surface area contributed by atoms with Crippen molar-refractivity contribution in [3.63, 3.8) is 0 Å². The average molecular weight is 344 g/mol. The zero-order chi connectivity index (χ0) is 17.7. The molecule has 3 N–H and O–H groups in total. The molecule has 0 heterocycles. The Morgan fingerprint density at radius 2 is 1.79 bits per heavy atom. The van der Waals surface area contributed by atoms with E-state index < -0.39 is 23.6 Å². The number of halogens is 3. The van der Waals surface area contributed by atoms with Crippen LogP contribution in [0.1, 0.15) is 31.2 Å². The highest BCUT2D eigenvalue weighted by molar-refractivity contribution is 6.39. The molecule has 8 heteroatoms. The van der Waals surface area contributed by atoms with Gasteiger partial charge in [0.05, 0.1) is 11.7 Å². The number of anilines is 1. The number of nitrogens with one attached hydrogen (secondary N) is 2. The maximum atomic E-state index is 12.4. The lowest BCUT2D eigenvalue weighted by atomic mass is 9.87. The molecule has 24 heavy (non-hydrogen) atoms. The van der Waals surface area contributed by atoms with Crippen molar-refractivity contribution < 1.29 is 27.9 Å². The molecule has 1 aliphatic carbocycles. The second-order valence-corrected chi connectivity index (χ2v) is 5.93. The van der Waals surface area contributed by atoms with Crippen LogP contribution in [-0.4, -0.2) is 29.6 Å². The minimum absolute atomic E-state index is 0.108. The van der Waals surface area contributed by atoms with E-state index in [1.807, 2.05) is 0 Å². The lowest BCUT2D eigenvalue weighted by Crippen LogP contribution is -2.39. The maximum absolute atomic E-state index is 12.4. The highest BCUT2D eigenvalue weighted by atomic mass is 19.4. The molecule has 132 valence electrons. The molecule has 2 unspecified atom stereocenters. The first-order valence-corrected chi connectivity index (χ1v) is 7.70. The van der Waals surface area contributed by atoms with Crippen LogP contribution in [0.2, 0.25) is 0 Å². The lowest BCUT2D eigenvalue weighted by molar-refractivity contribution is -0.137. The van der Waals surface area contributed by atoms with E-state index in [1.54, 1.807) is 0 Å². The monoisotopic (exact) mass is 344 g/mol. The molecule has 0 saturated heterocycles. The molecule has 2 atom stereocenters. The first-order valence-electron chi connectivity index (χ1n) is 7.70. The van der Waals surface area contributed by atoms with Crippen LogP contribution in [0, 0.1) is 5.92 Å². The van der Waals surface area contributed by atoms with Gasteiger partial charge in [0.1, 0.15) is 0 Å². The molecule has 1 fully saturated rings. The second kappa shape index (κ2) is 7.65. The number of hydrogen-bond acceptors (Lipinski definition) is 3. The molecule has 1 aliphatic rings. The number of benzene rings is 1. The van der Waals surface area contributed by atoms with Gasteiger partial charge in [0.15, 0.2) is 0 Å². The number of carbonyl (C=O) groups excluding carboxylic acids is 2. The third kappa shape index (κ3) is 5.23. The highest BCUT2D eigenvalue weighted by Gasteiger charge is 2.30. The van der Waals surface area contributed by atoms with Gasteiger partial charge in [-0.1, -0.05) is 6.42 Å². The summed E-state index contributed by atoms with van der Waals surface area (Å²) in [6.45, 7) is 0.288. The van der Waals surface area contributed by atoms with Gasteiger partial charge in [-0.3, -0.25) is 9.59 Å². The lowest BCUT2D eigenvalue weighted by Gasteiger charge is -2.25. The van der Waals surface area contributed by atoms with Crippen molar-refractivity contribution >= 4 is 17.5 Å². The van der Waals surface area contributed by atoms with E-state index in [0.717, 1.165) is 43.5 Å². The number of carbonyl (C=O) groups is 2. The minimum Gasteiger partial charge on any atom is -0.393 e. The van der Waals surface area contributed by atoms with Gasteiger partial charge < -0.3 is 15.7 Å². The topological polar surface area (TPSA) is 78.4 Å². The van der Waals surface area contributed by atoms with Crippen molar-refractivity contribution in [2.45, 2.75) is 38.0 Å². The van der Waals surface area contributed by atoms with E-state index in [0.29, 0.717) is 6.42 Å². The quantitative estimate of drug-likeness (QED) is 0.737. The Hall–Kier alpha value is -2.09. The zero-order valence-corrected chi connectivity index (χ0v) is 12.9. The summed E-state index contributed by atoms with van der Waals surface area (Å²) in [5.74, 6) is -1.67. The Kier molecular flexibility index (Phi) is 5.82. The van der Waals surface area contributed by atoms with Crippen LogP contribution in [0.25, 0.3) is 0 Å². The number of rotatable bonds is 3. The Morgan fingerprint density at radius 1 is 1.12 bits per heavy atom. The largest absolute Gasteiger partial charge is 0.416 e. The van der Waals surface area contributed by atoms with Gasteiger partial charge in [-0.2, -0.15) is 13.2 Å². The number of amides is 2. The minimum atomic E-state index is -4.45. The van der Waals surface area contributed by atoms with Gasteiger partial charge in [-0.05, 0) is 49.4 Å². The molecule has 0 aromatic heterocycles. The summed E-state index contributed by atoms with van der Waals surface area (Å²) >= 11 is 0. The van der Waals surface area contributed by atoms with Crippen LogP contribution in [0.5, 0.6) is 0 Å². The Balaban J connectivity index is 1.82. The van der Waals surface area contributed by atoms with Crippen LogP contribution in [-0.2, 0) is 15.8 Å². The zero-order valence-electron chi connectivity index (χ0n) is 12.9. The number of hydrogen-bond donors (Lipinski definition) is 3. The Morgan fingerprint density at radius 3 is 2.38 bits per heavy atom. The number of aliphatic hydroxyl groups is 1. The summed E-state index contributed by atoms with van der Waals surface area (Å²) in [4.78, 5) is 23.5. The molecule has 5 nitrogen and oxygen atoms in total. The fraction of sp³-hybridized carbons (Fsp3) is 0.500. The summed E-state index contributed by atoms with van der Waals surface area (Å²) in [5.41, 5.74) is -0.725. The van der Waals surface area contributed by atoms with E-state index in [2.05, 4.69) is 10.6 Å². The first kappa shape index (κ1) is 18.3. The van der Waals surface area contributed by atoms with Gasteiger partial charge in [0.25, 0.3) is 0 Å². The molecule has 0 radical (unpaired) electrons. The molecule has 2 rings (SSSR count). The summed E-state index contributed by atoms with van der Waals surface area (Å²) in [7, 11) is 0. The van der Waals surface area contributed by atoms with Crippen LogP contribution >= 0.6 is 0 Å². The molecule has 2 amide bonds. The fourth-order valence-electron chi connectivity index (χ4n) is 2.70. The van der Waals surface area contributed by atoms with Gasteiger partial charge in [-0.15, -0.1) is 0 Å². The molecule has 1 aromatic carbocycles. The third-order valence-electron chi connectivity index (χ3n) is 3.98. The van der Waals surface area contributed by atoms with E-state index >= 15 is 0 Å². The van der Waals surface area contributed by atoms with Gasteiger partial charge in [0, 0.05) is 12.2 Å². The van der Waals surface area contributed by atoms with Crippen molar-refractivity contribution in [3.8, 4) is 0 Å². The summed E-state index contributed by atoms with van der Waals surface area (Å²) < 4.78 is 37.3. The molecular formula is C16H19F3N2O3. The van der Waals surface area contributed by atoms with Crippen molar-refractivity contribution in [1.29, 1.82) is 0 Å². The smallest absolute Gasteiger partial charge is 0.393 e. The van der Waals surface area contributed by atoms with E-state index in [4.69, 9.17) is 0 Å². The van der Waals surface area contributed by atoms with Gasteiger partial charge in [0.2, 0.25) is 0 Å². The highest BCUT2D eigenvalue weighted by Crippen LogP contribution is 2.29. The number of aliphatic hydroxyl groups excluding tert-OH is 1. The molecule has 1 aromatic rings. The second-order valence-electron chi connectivity index (χ2n) is 5.93. The molecule has 0 bridgehead atoms. The predicted molar refractivity (Wildman–Crippen MR) is 81.0 cm³/mol. The van der Waals surface area contributed by atoms with E-state index in [-0.39, 0.29) is 24.3 Å². The summed E-state index contributed by atoms with van der Waals surface area (Å²) in [5, 5.41) is 14.3. The summed E-state index contributed by atoms with van der Waals surface area (Å²) in [6, 6.07) is 3.84. The molecule has 0 spiro atoms. The van der Waals surface area contributed by atoms with E-state index in [1.165, 1.54) is 0 Å². The van der Waals surface area contributed by atoms with Crippen molar-refractivity contribution in [3.05, 3.63) is 29.8 Å². The SMILES string of the molecule is O=C(NCC1CCCC(O)C1)C(=O)Nc1ccc(C(F)(F)F)cc1. The molecule has 0 aliphatic heterocycles. The van der Waals surface area contributed by atoms with Crippen LogP contribution in [0.4, 0.5) is 18.9 Å². The van der Waals surface area contributed by atoms with Crippen LogP contribution in [0.3, 0.4) is 0 Å². The fourth-order valence-corrected chi connectivity index (χ4v) is 2.70. The van der Waals surface area contributed by atoms with Crippen LogP contribution < -0.4 is 10.6 Å². The van der Waals surface area contributed by atoms with Gasteiger partial charge >= 0.3 is 18.0 Å². The van der Waals surface area contributed by atoms with Crippen molar-refractivity contribution in [2.75, 3.05) is 11.9 Å². The van der Waals surface area contributed by atoms with Gasteiger partial charge in [-0.25, -0.2) is 0 Å². The Bertz CT molecular complexity index is 587. The maximum Gasteiger partial charge on any atom is 0.416 e. The average Bonchev–Trinajstić information content (AvgIpc) is 2.52. The number of alkyl halides is 3. The normalized spacial score (nSPS) is 21.2. The summed E-state index contributed by atoms with van der Waals surface area (Å²) in [6.07, 6.45) is -1.75. The van der Waals surface area contributed by atoms with Crippen molar-refractivity contribution in [2.24, 2.45) is 5.92 Å².